The van der Waals surface area contributed by atoms with Crippen LogP contribution in [0.1, 0.15) is 53.9 Å². The zero-order valence-electron chi connectivity index (χ0n) is 17.0. The molecule has 0 aromatic carbocycles. The Hall–Kier alpha value is -0.913. The Morgan fingerprint density at radius 3 is 2.44 bits per heavy atom. The van der Waals surface area contributed by atoms with Crippen LogP contribution in [0, 0.1) is 0 Å². The van der Waals surface area contributed by atoms with Crippen molar-refractivity contribution in [3.63, 3.8) is 0 Å². The fourth-order valence-corrected chi connectivity index (χ4v) is 3.88. The van der Waals surface area contributed by atoms with Crippen LogP contribution in [0.4, 0.5) is 0 Å². The largest absolute Gasteiger partial charge is 0.463 e. The van der Waals surface area contributed by atoms with E-state index in [0.29, 0.717) is 6.61 Å². The van der Waals surface area contributed by atoms with E-state index in [1.807, 2.05) is 0 Å². The summed E-state index contributed by atoms with van der Waals surface area (Å²) in [5.41, 5.74) is 0. The van der Waals surface area contributed by atoms with Gasteiger partial charge in [-0.3, -0.25) is 0 Å². The van der Waals surface area contributed by atoms with E-state index in [-0.39, 0.29) is 29.3 Å². The van der Waals surface area contributed by atoms with Crippen molar-refractivity contribution < 1.29 is 18.7 Å². The van der Waals surface area contributed by atoms with Gasteiger partial charge in [0.1, 0.15) is 0 Å². The molecule has 1 heterocycles. The molecule has 144 valence electrons. The van der Waals surface area contributed by atoms with Gasteiger partial charge in [-0.15, -0.1) is 0 Å². The van der Waals surface area contributed by atoms with Gasteiger partial charge in [0.05, 0.1) is 24.9 Å². The molecule has 0 fully saturated rings. The van der Waals surface area contributed by atoms with Crippen LogP contribution in [-0.4, -0.2) is 39.2 Å². The molecule has 25 heavy (non-hydrogen) atoms. The van der Waals surface area contributed by atoms with Gasteiger partial charge in [0.15, 0.2) is 8.32 Å². The zero-order valence-corrected chi connectivity index (χ0v) is 18.0. The van der Waals surface area contributed by atoms with Crippen LogP contribution in [-0.2, 0) is 18.7 Å². The van der Waals surface area contributed by atoms with E-state index in [9.17, 15) is 4.79 Å². The normalized spacial score (nSPS) is 26.9. The molecule has 0 aliphatic carbocycles. The Bertz CT molecular complexity index is 477. The fourth-order valence-electron chi connectivity index (χ4n) is 2.52. The van der Waals surface area contributed by atoms with Crippen molar-refractivity contribution in [3.8, 4) is 0 Å². The molecule has 0 aromatic rings. The molecule has 1 aliphatic rings. The zero-order chi connectivity index (χ0) is 19.1. The average Bonchev–Trinajstić information content (AvgIpc) is 2.49. The predicted octanol–water partition coefficient (Wildman–Crippen LogP) is 5.01. The summed E-state index contributed by atoms with van der Waals surface area (Å²) in [6.45, 7) is 15.6. The molecule has 0 saturated heterocycles. The molecule has 3 atom stereocenters. The van der Waals surface area contributed by atoms with Crippen molar-refractivity contribution >= 4 is 14.3 Å². The van der Waals surface area contributed by atoms with Crippen LogP contribution in [0.25, 0.3) is 0 Å². The molecular formula is C20H36O4Si. The number of carbonyl (C=O) groups excluding carboxylic acids is 1. The van der Waals surface area contributed by atoms with Crippen molar-refractivity contribution in [1.29, 1.82) is 0 Å². The molecule has 0 radical (unpaired) electrons. The third-order valence-electron chi connectivity index (χ3n) is 5.06. The Kier molecular flexibility index (Phi) is 8.58. The van der Waals surface area contributed by atoms with E-state index in [2.05, 4.69) is 52.9 Å². The van der Waals surface area contributed by atoms with Crippen LogP contribution in [0.2, 0.25) is 18.1 Å². The van der Waals surface area contributed by atoms with E-state index in [4.69, 9.17) is 13.9 Å². The van der Waals surface area contributed by atoms with Gasteiger partial charge in [0, 0.05) is 6.08 Å². The van der Waals surface area contributed by atoms with Gasteiger partial charge in [-0.25, -0.2) is 4.79 Å². The molecule has 0 saturated carbocycles. The Balaban J connectivity index is 2.85. The van der Waals surface area contributed by atoms with Crippen molar-refractivity contribution in [2.24, 2.45) is 0 Å². The summed E-state index contributed by atoms with van der Waals surface area (Å²) in [4.78, 5) is 11.6. The standard InChI is InChI=1S/C20H36O4Si/c1-8-17-18(24-25(6,7)20(3,4)5)13-11-10-12-16(23-17)14-15-19(21)22-9-2/h10-11,14-18H,8-9,12-13H2,1-7H3/b11-10-,15-14+/t16-,17-,18-/m1/s1. The van der Waals surface area contributed by atoms with Gasteiger partial charge in [-0.2, -0.15) is 0 Å². The lowest BCUT2D eigenvalue weighted by molar-refractivity contribution is -0.137. The molecule has 4 nitrogen and oxygen atoms in total. The molecule has 5 heteroatoms. The van der Waals surface area contributed by atoms with E-state index in [1.54, 1.807) is 13.0 Å². The predicted molar refractivity (Wildman–Crippen MR) is 105 cm³/mol. The second-order valence-corrected chi connectivity index (χ2v) is 12.8. The maximum absolute atomic E-state index is 11.6. The Morgan fingerprint density at radius 1 is 1.24 bits per heavy atom. The van der Waals surface area contributed by atoms with Crippen LogP contribution in [0.3, 0.4) is 0 Å². The molecule has 1 rings (SSSR count). The molecule has 0 spiro atoms. The van der Waals surface area contributed by atoms with E-state index < -0.39 is 8.32 Å². The maximum atomic E-state index is 11.6. The van der Waals surface area contributed by atoms with E-state index >= 15 is 0 Å². The third-order valence-corrected chi connectivity index (χ3v) is 9.56. The number of hydrogen-bond acceptors (Lipinski definition) is 4. The van der Waals surface area contributed by atoms with Crippen molar-refractivity contribution in [1.82, 2.24) is 0 Å². The molecular weight excluding hydrogens is 332 g/mol. The van der Waals surface area contributed by atoms with Crippen LogP contribution in [0.15, 0.2) is 24.3 Å². The highest BCUT2D eigenvalue weighted by Crippen LogP contribution is 2.38. The number of ether oxygens (including phenoxy) is 2. The lowest BCUT2D eigenvalue weighted by Gasteiger charge is -2.42. The monoisotopic (exact) mass is 368 g/mol. The minimum absolute atomic E-state index is 0.0240. The van der Waals surface area contributed by atoms with Crippen molar-refractivity contribution in [2.75, 3.05) is 6.61 Å². The summed E-state index contributed by atoms with van der Waals surface area (Å²) >= 11 is 0. The highest BCUT2D eigenvalue weighted by molar-refractivity contribution is 6.74. The lowest BCUT2D eigenvalue weighted by Crippen LogP contribution is -2.48. The highest BCUT2D eigenvalue weighted by Gasteiger charge is 2.40. The van der Waals surface area contributed by atoms with Crippen LogP contribution in [0.5, 0.6) is 0 Å². The summed E-state index contributed by atoms with van der Waals surface area (Å²) in [6, 6.07) is 0. The second-order valence-electron chi connectivity index (χ2n) is 8.09. The van der Waals surface area contributed by atoms with Gasteiger partial charge in [0.25, 0.3) is 0 Å². The van der Waals surface area contributed by atoms with Crippen LogP contribution < -0.4 is 0 Å². The molecule has 0 bridgehead atoms. The third kappa shape index (κ3) is 7.08. The van der Waals surface area contributed by atoms with Gasteiger partial charge >= 0.3 is 5.97 Å². The van der Waals surface area contributed by atoms with Gasteiger partial charge in [-0.05, 0) is 50.4 Å². The average molecular weight is 369 g/mol. The first-order valence-corrected chi connectivity index (χ1v) is 12.3. The van der Waals surface area contributed by atoms with Gasteiger partial charge < -0.3 is 13.9 Å². The summed E-state index contributed by atoms with van der Waals surface area (Å²) in [6.07, 6.45) is 10.1. The van der Waals surface area contributed by atoms with E-state index in [0.717, 1.165) is 19.3 Å². The molecule has 0 amide bonds. The summed E-state index contributed by atoms with van der Waals surface area (Å²) in [5.74, 6) is -0.320. The fraction of sp³-hybridized carbons (Fsp3) is 0.750. The topological polar surface area (TPSA) is 44.8 Å². The van der Waals surface area contributed by atoms with Crippen molar-refractivity contribution in [2.45, 2.75) is 90.3 Å². The number of carbonyl (C=O) groups is 1. The first kappa shape index (κ1) is 22.1. The lowest BCUT2D eigenvalue weighted by atomic mass is 10.0. The molecule has 0 N–H and O–H groups in total. The number of rotatable bonds is 6. The molecule has 0 aromatic heterocycles. The van der Waals surface area contributed by atoms with Crippen molar-refractivity contribution in [3.05, 3.63) is 24.3 Å². The maximum Gasteiger partial charge on any atom is 0.330 e. The summed E-state index contributed by atoms with van der Waals surface area (Å²) < 4.78 is 17.9. The van der Waals surface area contributed by atoms with Crippen LogP contribution >= 0.6 is 0 Å². The quantitative estimate of drug-likeness (QED) is 0.286. The smallest absolute Gasteiger partial charge is 0.330 e. The molecule has 1 aliphatic heterocycles. The Morgan fingerprint density at radius 2 is 1.88 bits per heavy atom. The van der Waals surface area contributed by atoms with E-state index in [1.165, 1.54) is 6.08 Å². The summed E-state index contributed by atoms with van der Waals surface area (Å²) in [7, 11) is -1.86. The molecule has 0 unspecified atom stereocenters. The minimum Gasteiger partial charge on any atom is -0.463 e. The SMILES string of the molecule is CCOC(=O)/C=C/[C@H]1C/C=C\C[C@@H](O[Si](C)(C)C(C)(C)C)[C@@H](CC)O1. The highest BCUT2D eigenvalue weighted by atomic mass is 28.4. The van der Waals surface area contributed by atoms with Gasteiger partial charge in [-0.1, -0.05) is 39.8 Å². The number of hydrogen-bond donors (Lipinski definition) is 0. The minimum atomic E-state index is -1.86. The summed E-state index contributed by atoms with van der Waals surface area (Å²) in [5, 5.41) is 0.167. The number of esters is 1. The first-order valence-electron chi connectivity index (χ1n) is 9.44. The first-order chi connectivity index (χ1) is 11.6. The Labute approximate surface area is 154 Å². The van der Waals surface area contributed by atoms with Gasteiger partial charge in [0.2, 0.25) is 0 Å². The second kappa shape index (κ2) is 9.69.